The molecule has 0 aliphatic carbocycles. The Kier molecular flexibility index (Phi) is 5.55. The highest BCUT2D eigenvalue weighted by molar-refractivity contribution is 8.14. The summed E-state index contributed by atoms with van der Waals surface area (Å²) in [5, 5.41) is -0.154. The summed E-state index contributed by atoms with van der Waals surface area (Å²) in [6.45, 7) is 1.94. The van der Waals surface area contributed by atoms with Gasteiger partial charge in [-0.1, -0.05) is 30.8 Å². The third kappa shape index (κ3) is 3.58. The van der Waals surface area contributed by atoms with Crippen LogP contribution >= 0.6 is 11.8 Å². The molecule has 0 saturated carbocycles. The van der Waals surface area contributed by atoms with E-state index in [0.29, 0.717) is 16.9 Å². The molecule has 0 unspecified atom stereocenters. The van der Waals surface area contributed by atoms with E-state index in [-0.39, 0.29) is 16.6 Å². The number of pyridine rings is 1. The van der Waals surface area contributed by atoms with Crippen LogP contribution in [-0.2, 0) is 14.8 Å². The maximum atomic E-state index is 13.2. The number of rotatable bonds is 5. The van der Waals surface area contributed by atoms with Gasteiger partial charge < -0.3 is 0 Å². The van der Waals surface area contributed by atoms with Crippen molar-refractivity contribution in [2.45, 2.75) is 17.9 Å². The van der Waals surface area contributed by atoms with E-state index in [9.17, 15) is 17.6 Å². The van der Waals surface area contributed by atoms with Gasteiger partial charge in [0.1, 0.15) is 5.82 Å². The number of hydrogen-bond acceptors (Lipinski definition) is 5. The number of nitrogens with zero attached hydrogens (tertiary/aromatic N) is 2. The molecule has 1 atom stereocenters. The molecule has 2 aromatic rings. The Morgan fingerprint density at radius 2 is 2.04 bits per heavy atom. The molecule has 0 radical (unpaired) electrons. The molecule has 2 heterocycles. The second kappa shape index (κ2) is 7.69. The minimum atomic E-state index is -3.91. The Hall–Kier alpha value is -2.03. The van der Waals surface area contributed by atoms with E-state index in [1.807, 2.05) is 6.92 Å². The molecule has 0 bridgehead atoms. The molecule has 1 aliphatic heterocycles. The number of halogens is 1. The minimum absolute atomic E-state index is 0.0157. The number of hydrogen-bond donors (Lipinski definition) is 0. The van der Waals surface area contributed by atoms with Crippen LogP contribution in [0.1, 0.15) is 18.5 Å². The monoisotopic (exact) mass is 392 g/mol. The third-order valence-electron chi connectivity index (χ3n) is 4.01. The van der Waals surface area contributed by atoms with Gasteiger partial charge in [-0.3, -0.25) is 9.78 Å². The van der Waals surface area contributed by atoms with Gasteiger partial charge in [-0.2, -0.15) is 4.31 Å². The largest absolute Gasteiger partial charge is 0.282 e. The van der Waals surface area contributed by atoms with Crippen LogP contribution in [0.4, 0.5) is 4.39 Å². The summed E-state index contributed by atoms with van der Waals surface area (Å²) in [5.74, 6) is 0.0863. The summed E-state index contributed by atoms with van der Waals surface area (Å²) in [4.78, 5) is 16.5. The van der Waals surface area contributed by atoms with Crippen molar-refractivity contribution in [1.29, 1.82) is 0 Å². The van der Waals surface area contributed by atoms with Gasteiger partial charge >= 0.3 is 0 Å². The van der Waals surface area contributed by atoms with Gasteiger partial charge in [-0.05, 0) is 41.6 Å². The fraction of sp³-hybridized carbons (Fsp3) is 0.222. The molecule has 0 saturated heterocycles. The van der Waals surface area contributed by atoms with E-state index in [2.05, 4.69) is 4.98 Å². The molecule has 26 heavy (non-hydrogen) atoms. The maximum Gasteiger partial charge on any atom is 0.244 e. The number of carbonyl (C=O) groups excluding carboxylic acids is 1. The van der Waals surface area contributed by atoms with E-state index < -0.39 is 21.9 Å². The first kappa shape index (κ1) is 18.8. The van der Waals surface area contributed by atoms with Crippen molar-refractivity contribution < 1.29 is 17.6 Å². The SMILES string of the molecule is CCSC(=O)C1=CCN(S(=O)(=O)c2ccc(F)cc2)[C@@H]1c1cccnc1. The van der Waals surface area contributed by atoms with Crippen LogP contribution in [0.25, 0.3) is 0 Å². The highest BCUT2D eigenvalue weighted by Gasteiger charge is 2.40. The lowest BCUT2D eigenvalue weighted by molar-refractivity contribution is -0.108. The molecule has 5 nitrogen and oxygen atoms in total. The van der Waals surface area contributed by atoms with Crippen LogP contribution < -0.4 is 0 Å². The van der Waals surface area contributed by atoms with E-state index >= 15 is 0 Å². The predicted molar refractivity (Wildman–Crippen MR) is 98.5 cm³/mol. The highest BCUT2D eigenvalue weighted by atomic mass is 32.2. The van der Waals surface area contributed by atoms with Crippen molar-refractivity contribution in [2.24, 2.45) is 0 Å². The third-order valence-corrected chi connectivity index (χ3v) is 6.64. The summed E-state index contributed by atoms with van der Waals surface area (Å²) < 4.78 is 40.6. The van der Waals surface area contributed by atoms with Crippen molar-refractivity contribution >= 4 is 26.9 Å². The van der Waals surface area contributed by atoms with E-state index in [4.69, 9.17) is 0 Å². The fourth-order valence-corrected chi connectivity index (χ4v) is 4.99. The fourth-order valence-electron chi connectivity index (χ4n) is 2.83. The first-order valence-corrected chi connectivity index (χ1v) is 10.4. The van der Waals surface area contributed by atoms with Crippen LogP contribution in [0.15, 0.2) is 65.3 Å². The van der Waals surface area contributed by atoms with Crippen molar-refractivity contribution in [1.82, 2.24) is 9.29 Å². The van der Waals surface area contributed by atoms with E-state index in [0.717, 1.165) is 23.9 Å². The first-order chi connectivity index (χ1) is 12.4. The number of benzene rings is 1. The van der Waals surface area contributed by atoms with Crippen molar-refractivity contribution in [2.75, 3.05) is 12.3 Å². The van der Waals surface area contributed by atoms with Gasteiger partial charge in [0.15, 0.2) is 0 Å². The van der Waals surface area contributed by atoms with Crippen molar-refractivity contribution in [3.8, 4) is 0 Å². The molecule has 0 spiro atoms. The number of carbonyl (C=O) groups is 1. The van der Waals surface area contributed by atoms with Gasteiger partial charge in [0.2, 0.25) is 15.1 Å². The van der Waals surface area contributed by atoms with Gasteiger partial charge in [-0.25, -0.2) is 12.8 Å². The Morgan fingerprint density at radius 3 is 2.65 bits per heavy atom. The zero-order valence-corrected chi connectivity index (χ0v) is 15.6. The number of sulfonamides is 1. The zero-order chi connectivity index (χ0) is 18.7. The summed E-state index contributed by atoms with van der Waals surface area (Å²) >= 11 is 1.14. The highest BCUT2D eigenvalue weighted by Crippen LogP contribution is 2.39. The Morgan fingerprint density at radius 1 is 1.31 bits per heavy atom. The number of thioether (sulfide) groups is 1. The normalized spacial score (nSPS) is 17.9. The lowest BCUT2D eigenvalue weighted by atomic mass is 10.0. The molecule has 0 N–H and O–H groups in total. The average molecular weight is 392 g/mol. The smallest absolute Gasteiger partial charge is 0.244 e. The van der Waals surface area contributed by atoms with Gasteiger partial charge in [-0.15, -0.1) is 0 Å². The van der Waals surface area contributed by atoms with E-state index in [1.165, 1.54) is 16.4 Å². The van der Waals surface area contributed by atoms with Crippen molar-refractivity contribution in [3.05, 3.63) is 71.8 Å². The zero-order valence-electron chi connectivity index (χ0n) is 14.0. The maximum absolute atomic E-state index is 13.2. The van der Waals surface area contributed by atoms with Crippen LogP contribution in [-0.4, -0.2) is 35.1 Å². The van der Waals surface area contributed by atoms with Crippen molar-refractivity contribution in [3.63, 3.8) is 0 Å². The second-order valence-electron chi connectivity index (χ2n) is 5.60. The molecular weight excluding hydrogens is 375 g/mol. The van der Waals surface area contributed by atoms with Gasteiger partial charge in [0, 0.05) is 24.5 Å². The molecule has 136 valence electrons. The Balaban J connectivity index is 2.03. The lowest BCUT2D eigenvalue weighted by Crippen LogP contribution is -2.33. The topological polar surface area (TPSA) is 67.3 Å². The summed E-state index contributed by atoms with van der Waals surface area (Å²) in [5.41, 5.74) is 1.04. The molecule has 3 rings (SSSR count). The summed E-state index contributed by atoms with van der Waals surface area (Å²) in [6.07, 6.45) is 4.79. The van der Waals surface area contributed by atoms with Crippen LogP contribution in [0, 0.1) is 5.82 Å². The molecule has 1 aromatic heterocycles. The number of aromatic nitrogens is 1. The standard InChI is InChI=1S/C18H17FN2O3S2/c1-2-25-18(22)16-9-11-21(17(16)13-4-3-10-20-12-13)26(23,24)15-7-5-14(19)6-8-15/h3-10,12,17H,2,11H2,1H3/t17-/m1/s1. The lowest BCUT2D eigenvalue weighted by Gasteiger charge is -2.26. The molecule has 8 heteroatoms. The quantitative estimate of drug-likeness (QED) is 0.782. The molecule has 0 fully saturated rings. The molecule has 1 aromatic carbocycles. The molecule has 1 aliphatic rings. The summed E-state index contributed by atoms with van der Waals surface area (Å²) in [6, 6.07) is 7.37. The average Bonchev–Trinajstić information content (AvgIpc) is 3.09. The molecular formula is C18H17FN2O3S2. The van der Waals surface area contributed by atoms with Gasteiger partial charge in [0.25, 0.3) is 0 Å². The van der Waals surface area contributed by atoms with Gasteiger partial charge in [0.05, 0.1) is 10.9 Å². The van der Waals surface area contributed by atoms with Crippen LogP contribution in [0.2, 0.25) is 0 Å². The summed E-state index contributed by atoms with van der Waals surface area (Å²) in [7, 11) is -3.91. The predicted octanol–water partition coefficient (Wildman–Crippen LogP) is 3.17. The van der Waals surface area contributed by atoms with Crippen LogP contribution in [0.5, 0.6) is 0 Å². The Labute approximate surface area is 156 Å². The first-order valence-electron chi connectivity index (χ1n) is 7.99. The minimum Gasteiger partial charge on any atom is -0.282 e. The Bertz CT molecular complexity index is 929. The second-order valence-corrected chi connectivity index (χ2v) is 8.72. The van der Waals surface area contributed by atoms with E-state index in [1.54, 1.807) is 30.6 Å². The molecule has 0 amide bonds. The van der Waals surface area contributed by atoms with Crippen LogP contribution in [0.3, 0.4) is 0 Å².